The van der Waals surface area contributed by atoms with Crippen LogP contribution in [0.3, 0.4) is 0 Å². The molecule has 8 heteroatoms. The number of sulfonamides is 1. The highest BCUT2D eigenvalue weighted by Gasteiger charge is 2.23. The number of amides is 1. The van der Waals surface area contributed by atoms with Gasteiger partial charge in [0.2, 0.25) is 15.9 Å². The number of carbonyl (C=O) groups is 1. The zero-order valence-corrected chi connectivity index (χ0v) is 14.6. The van der Waals surface area contributed by atoms with Crippen molar-refractivity contribution in [2.75, 3.05) is 26.0 Å². The minimum atomic E-state index is -3.82. The number of carbonyl (C=O) groups excluding carboxylic acids is 1. The molecule has 0 saturated carbocycles. The average Bonchev–Trinajstić information content (AvgIpc) is 2.62. The number of para-hydroxylation sites is 1. The van der Waals surface area contributed by atoms with Crippen LogP contribution < -0.4 is 10.1 Å². The number of methoxy groups -OCH3 is 1. The summed E-state index contributed by atoms with van der Waals surface area (Å²) in [6, 6.07) is 14.3. The predicted octanol–water partition coefficient (Wildman–Crippen LogP) is 1.83. The van der Waals surface area contributed by atoms with Crippen LogP contribution in [-0.4, -0.2) is 39.3 Å². The van der Waals surface area contributed by atoms with Gasteiger partial charge in [-0.3, -0.25) is 4.79 Å². The Morgan fingerprint density at radius 1 is 1.20 bits per heavy atom. The van der Waals surface area contributed by atoms with Crippen molar-refractivity contribution in [2.45, 2.75) is 4.90 Å². The molecule has 130 valence electrons. The summed E-state index contributed by atoms with van der Waals surface area (Å²) in [6.45, 7) is -0.381. The van der Waals surface area contributed by atoms with E-state index >= 15 is 0 Å². The van der Waals surface area contributed by atoms with Crippen LogP contribution in [0, 0.1) is 11.3 Å². The van der Waals surface area contributed by atoms with Gasteiger partial charge in [-0.25, -0.2) is 8.42 Å². The lowest BCUT2D eigenvalue weighted by Crippen LogP contribution is -2.35. The standard InChI is InChI=1S/C17H17N3O4S/c1-20(25(22,23)15-9-7-14(24-2)8-10-15)12-17(21)19-16-6-4-3-5-13(16)11-18/h3-10H,12H2,1-2H3,(H,19,21). The monoisotopic (exact) mass is 359 g/mol. The van der Waals surface area contributed by atoms with Crippen molar-refractivity contribution in [1.82, 2.24) is 4.31 Å². The molecule has 2 rings (SSSR count). The lowest BCUT2D eigenvalue weighted by molar-refractivity contribution is -0.116. The smallest absolute Gasteiger partial charge is 0.243 e. The molecule has 0 saturated heterocycles. The van der Waals surface area contributed by atoms with Crippen LogP contribution in [0.2, 0.25) is 0 Å². The maximum atomic E-state index is 12.5. The molecular formula is C17H17N3O4S. The largest absolute Gasteiger partial charge is 0.497 e. The topological polar surface area (TPSA) is 99.5 Å². The minimum Gasteiger partial charge on any atom is -0.497 e. The van der Waals surface area contributed by atoms with Crippen LogP contribution in [0.4, 0.5) is 5.69 Å². The van der Waals surface area contributed by atoms with Crippen molar-refractivity contribution in [3.05, 3.63) is 54.1 Å². The van der Waals surface area contributed by atoms with Crippen molar-refractivity contribution in [1.29, 1.82) is 5.26 Å². The van der Waals surface area contributed by atoms with Gasteiger partial charge in [0, 0.05) is 7.05 Å². The predicted molar refractivity (Wildman–Crippen MR) is 92.6 cm³/mol. The molecule has 0 aliphatic rings. The van der Waals surface area contributed by atoms with Crippen molar-refractivity contribution in [2.24, 2.45) is 0 Å². The number of benzene rings is 2. The Labute approximate surface area is 146 Å². The van der Waals surface area contributed by atoms with Gasteiger partial charge in [-0.05, 0) is 36.4 Å². The van der Waals surface area contributed by atoms with E-state index in [1.54, 1.807) is 24.3 Å². The normalized spacial score (nSPS) is 11.0. The molecule has 1 amide bonds. The Balaban J connectivity index is 2.10. The second kappa shape index (κ2) is 7.79. The third-order valence-electron chi connectivity index (χ3n) is 3.46. The van der Waals surface area contributed by atoms with Crippen LogP contribution in [0.5, 0.6) is 5.75 Å². The zero-order chi connectivity index (χ0) is 18.4. The van der Waals surface area contributed by atoms with Crippen molar-refractivity contribution < 1.29 is 17.9 Å². The Hall–Kier alpha value is -2.89. The number of likely N-dealkylation sites (N-methyl/N-ethyl adjacent to an activating group) is 1. The SMILES string of the molecule is COc1ccc(S(=O)(=O)N(C)CC(=O)Nc2ccccc2C#N)cc1. The summed E-state index contributed by atoms with van der Waals surface area (Å²) in [6.07, 6.45) is 0. The summed E-state index contributed by atoms with van der Waals surface area (Å²) >= 11 is 0. The van der Waals surface area contributed by atoms with Gasteiger partial charge in [-0.15, -0.1) is 0 Å². The van der Waals surface area contributed by atoms with Crippen molar-refractivity contribution in [3.8, 4) is 11.8 Å². The van der Waals surface area contributed by atoms with Crippen LogP contribution in [-0.2, 0) is 14.8 Å². The van der Waals surface area contributed by atoms with Gasteiger partial charge in [0.15, 0.2) is 0 Å². The molecule has 0 atom stereocenters. The molecule has 0 bridgehead atoms. The number of anilines is 1. The molecule has 0 spiro atoms. The number of nitriles is 1. The summed E-state index contributed by atoms with van der Waals surface area (Å²) in [5.41, 5.74) is 0.641. The molecule has 0 aromatic heterocycles. The Kier molecular flexibility index (Phi) is 5.75. The summed E-state index contributed by atoms with van der Waals surface area (Å²) < 4.78 is 30.9. The Bertz CT molecular complexity index is 902. The molecule has 2 aromatic rings. The lowest BCUT2D eigenvalue weighted by Gasteiger charge is -2.17. The van der Waals surface area contributed by atoms with E-state index in [9.17, 15) is 13.2 Å². The maximum absolute atomic E-state index is 12.5. The molecule has 0 fully saturated rings. The van der Waals surface area contributed by atoms with E-state index in [4.69, 9.17) is 10.00 Å². The summed E-state index contributed by atoms with van der Waals surface area (Å²) in [4.78, 5) is 12.2. The third kappa shape index (κ3) is 4.35. The molecule has 7 nitrogen and oxygen atoms in total. The summed E-state index contributed by atoms with van der Waals surface area (Å²) in [5.74, 6) is -0.00487. The van der Waals surface area contributed by atoms with E-state index in [2.05, 4.69) is 5.32 Å². The number of hydrogen-bond donors (Lipinski definition) is 1. The fraction of sp³-hybridized carbons (Fsp3) is 0.176. The lowest BCUT2D eigenvalue weighted by atomic mass is 10.2. The van der Waals surface area contributed by atoms with Crippen LogP contribution in [0.25, 0.3) is 0 Å². The molecule has 2 aromatic carbocycles. The second-order valence-electron chi connectivity index (χ2n) is 5.14. The average molecular weight is 359 g/mol. The number of nitrogens with one attached hydrogen (secondary N) is 1. The van der Waals surface area contributed by atoms with Crippen molar-refractivity contribution in [3.63, 3.8) is 0 Å². The molecule has 0 aliphatic carbocycles. The summed E-state index contributed by atoms with van der Waals surface area (Å²) in [7, 11) is -1.02. The van der Waals surface area contributed by atoms with E-state index in [-0.39, 0.29) is 11.4 Å². The highest BCUT2D eigenvalue weighted by molar-refractivity contribution is 7.89. The molecule has 0 heterocycles. The Morgan fingerprint density at radius 3 is 2.44 bits per heavy atom. The number of nitrogens with zero attached hydrogens (tertiary/aromatic N) is 2. The van der Waals surface area contributed by atoms with E-state index < -0.39 is 15.9 Å². The first-order valence-corrected chi connectivity index (χ1v) is 8.72. The zero-order valence-electron chi connectivity index (χ0n) is 13.8. The highest BCUT2D eigenvalue weighted by Crippen LogP contribution is 2.19. The van der Waals surface area contributed by atoms with E-state index in [0.29, 0.717) is 17.0 Å². The van der Waals surface area contributed by atoms with Gasteiger partial charge in [0.1, 0.15) is 11.8 Å². The first-order valence-electron chi connectivity index (χ1n) is 7.28. The Morgan fingerprint density at radius 2 is 1.84 bits per heavy atom. The van der Waals surface area contributed by atoms with Gasteiger partial charge >= 0.3 is 0 Å². The number of hydrogen-bond acceptors (Lipinski definition) is 5. The van der Waals surface area contributed by atoms with Crippen molar-refractivity contribution >= 4 is 21.6 Å². The van der Waals surface area contributed by atoms with Gasteiger partial charge in [0.05, 0.1) is 29.8 Å². The minimum absolute atomic E-state index is 0.0565. The molecular weight excluding hydrogens is 342 g/mol. The number of ether oxygens (including phenoxy) is 1. The van der Waals surface area contributed by atoms with Crippen LogP contribution in [0.15, 0.2) is 53.4 Å². The quantitative estimate of drug-likeness (QED) is 0.848. The van der Waals surface area contributed by atoms with Crippen LogP contribution in [0.1, 0.15) is 5.56 Å². The van der Waals surface area contributed by atoms with E-state index in [1.165, 1.54) is 38.4 Å². The molecule has 0 unspecified atom stereocenters. The van der Waals surface area contributed by atoms with Gasteiger partial charge < -0.3 is 10.1 Å². The van der Waals surface area contributed by atoms with Gasteiger partial charge in [-0.1, -0.05) is 12.1 Å². The van der Waals surface area contributed by atoms with Crippen LogP contribution >= 0.6 is 0 Å². The highest BCUT2D eigenvalue weighted by atomic mass is 32.2. The molecule has 25 heavy (non-hydrogen) atoms. The molecule has 1 N–H and O–H groups in total. The summed E-state index contributed by atoms with van der Waals surface area (Å²) in [5, 5.41) is 11.6. The van der Waals surface area contributed by atoms with Gasteiger partial charge in [0.25, 0.3) is 0 Å². The van der Waals surface area contributed by atoms with Gasteiger partial charge in [-0.2, -0.15) is 9.57 Å². The fourth-order valence-corrected chi connectivity index (χ4v) is 3.22. The molecule has 0 radical (unpaired) electrons. The fourth-order valence-electron chi connectivity index (χ4n) is 2.09. The second-order valence-corrected chi connectivity index (χ2v) is 7.19. The van der Waals surface area contributed by atoms with E-state index in [1.807, 2.05) is 6.07 Å². The first-order chi connectivity index (χ1) is 11.9. The first kappa shape index (κ1) is 18.4. The molecule has 0 aliphatic heterocycles. The van der Waals surface area contributed by atoms with E-state index in [0.717, 1.165) is 4.31 Å². The number of rotatable bonds is 6. The third-order valence-corrected chi connectivity index (χ3v) is 5.27. The maximum Gasteiger partial charge on any atom is 0.243 e.